The summed E-state index contributed by atoms with van der Waals surface area (Å²) in [6.07, 6.45) is 5.04. The third kappa shape index (κ3) is 2.44. The van der Waals surface area contributed by atoms with Gasteiger partial charge in [-0.3, -0.25) is 14.7 Å². The third-order valence-electron chi connectivity index (χ3n) is 2.34. The van der Waals surface area contributed by atoms with Gasteiger partial charge in [0, 0.05) is 18.7 Å². The average Bonchev–Trinajstić information content (AvgIpc) is 2.90. The van der Waals surface area contributed by atoms with Crippen molar-refractivity contribution in [3.05, 3.63) is 29.1 Å². The smallest absolute Gasteiger partial charge is 0.266 e. The molecule has 0 aromatic carbocycles. The van der Waals surface area contributed by atoms with Crippen LogP contribution in [0.3, 0.4) is 0 Å². The minimum Gasteiger partial charge on any atom is -0.472 e. The first-order valence-corrected chi connectivity index (χ1v) is 6.36. The molecule has 1 aliphatic heterocycles. The highest BCUT2D eigenvalue weighted by atomic mass is 32.2. The van der Waals surface area contributed by atoms with Gasteiger partial charge in [-0.05, 0) is 37.8 Å². The maximum absolute atomic E-state index is 12.1. The number of hydrogen-bond donors (Lipinski definition) is 0. The Morgan fingerprint density at radius 3 is 2.94 bits per heavy atom. The number of furan rings is 1. The molecule has 0 radical (unpaired) electrons. The van der Waals surface area contributed by atoms with Crippen molar-refractivity contribution in [1.29, 1.82) is 0 Å². The Labute approximate surface area is 104 Å². The molecule has 0 atom stereocenters. The molecular weight excluding hydrogens is 236 g/mol. The van der Waals surface area contributed by atoms with Crippen LogP contribution in [-0.4, -0.2) is 29.1 Å². The van der Waals surface area contributed by atoms with Gasteiger partial charge in [0.15, 0.2) is 5.17 Å². The number of nitrogens with zero attached hydrogens (tertiary/aromatic N) is 2. The number of hydrogen-bond acceptors (Lipinski definition) is 4. The topological polar surface area (TPSA) is 45.8 Å². The minimum atomic E-state index is 0.0194. The van der Waals surface area contributed by atoms with Gasteiger partial charge in [-0.1, -0.05) is 0 Å². The van der Waals surface area contributed by atoms with Crippen LogP contribution in [0.25, 0.3) is 6.08 Å². The van der Waals surface area contributed by atoms with Crippen molar-refractivity contribution in [2.45, 2.75) is 13.8 Å². The van der Waals surface area contributed by atoms with Gasteiger partial charge in [-0.2, -0.15) is 0 Å². The molecular formula is C12H14N2O2S. The molecule has 0 aliphatic carbocycles. The van der Waals surface area contributed by atoms with Crippen LogP contribution in [-0.2, 0) is 4.79 Å². The Kier molecular flexibility index (Phi) is 3.68. The SMILES string of the molecule is CCN=C1S/C(=C/c2ccoc2)C(=O)N1CC. The molecule has 2 rings (SSSR count). The van der Waals surface area contributed by atoms with Crippen molar-refractivity contribution < 1.29 is 9.21 Å². The van der Waals surface area contributed by atoms with Crippen molar-refractivity contribution in [3.8, 4) is 0 Å². The highest BCUT2D eigenvalue weighted by Gasteiger charge is 2.31. The summed E-state index contributed by atoms with van der Waals surface area (Å²) in [5.74, 6) is 0.0194. The number of likely N-dealkylation sites (N-methyl/N-ethyl adjacent to an activating group) is 1. The molecule has 0 saturated carbocycles. The first kappa shape index (κ1) is 12.0. The van der Waals surface area contributed by atoms with Crippen LogP contribution in [0, 0.1) is 0 Å². The molecule has 1 aromatic heterocycles. The molecule has 1 fully saturated rings. The molecule has 1 aromatic rings. The van der Waals surface area contributed by atoms with Crippen molar-refractivity contribution in [2.24, 2.45) is 4.99 Å². The highest BCUT2D eigenvalue weighted by Crippen LogP contribution is 2.32. The van der Waals surface area contributed by atoms with Gasteiger partial charge in [-0.25, -0.2) is 0 Å². The third-order valence-corrected chi connectivity index (χ3v) is 3.38. The predicted molar refractivity (Wildman–Crippen MR) is 69.6 cm³/mol. The number of carbonyl (C=O) groups excluding carboxylic acids is 1. The van der Waals surface area contributed by atoms with Crippen LogP contribution in [0.2, 0.25) is 0 Å². The zero-order valence-electron chi connectivity index (χ0n) is 9.84. The van der Waals surface area contributed by atoms with Crippen molar-refractivity contribution in [2.75, 3.05) is 13.1 Å². The quantitative estimate of drug-likeness (QED) is 0.775. The minimum absolute atomic E-state index is 0.0194. The molecule has 0 bridgehead atoms. The summed E-state index contributed by atoms with van der Waals surface area (Å²) in [7, 11) is 0. The van der Waals surface area contributed by atoms with Crippen molar-refractivity contribution >= 4 is 28.9 Å². The second-order valence-corrected chi connectivity index (χ2v) is 4.48. The van der Waals surface area contributed by atoms with Gasteiger partial charge in [0.1, 0.15) is 0 Å². The molecule has 2 heterocycles. The summed E-state index contributed by atoms with van der Waals surface area (Å²) in [4.78, 5) is 18.8. The predicted octanol–water partition coefficient (Wildman–Crippen LogP) is 2.59. The van der Waals surface area contributed by atoms with Gasteiger partial charge in [-0.15, -0.1) is 0 Å². The molecule has 0 N–H and O–H groups in total. The fraction of sp³-hybridized carbons (Fsp3) is 0.333. The Morgan fingerprint density at radius 2 is 2.35 bits per heavy atom. The van der Waals surface area contributed by atoms with E-state index in [4.69, 9.17) is 4.42 Å². The number of rotatable bonds is 3. The highest BCUT2D eigenvalue weighted by molar-refractivity contribution is 8.18. The fourth-order valence-electron chi connectivity index (χ4n) is 1.55. The van der Waals surface area contributed by atoms with E-state index < -0.39 is 0 Å². The Bertz CT molecular complexity index is 463. The molecule has 0 spiro atoms. The summed E-state index contributed by atoms with van der Waals surface area (Å²) in [6.45, 7) is 5.24. The van der Waals surface area contributed by atoms with Gasteiger partial charge in [0.2, 0.25) is 0 Å². The maximum atomic E-state index is 12.1. The van der Waals surface area contributed by atoms with Crippen LogP contribution < -0.4 is 0 Å². The summed E-state index contributed by atoms with van der Waals surface area (Å²) in [6, 6.07) is 1.83. The largest absolute Gasteiger partial charge is 0.472 e. The summed E-state index contributed by atoms with van der Waals surface area (Å²) in [5.41, 5.74) is 0.898. The summed E-state index contributed by atoms with van der Waals surface area (Å²) in [5, 5.41) is 0.787. The van der Waals surface area contributed by atoms with Crippen LogP contribution in [0.4, 0.5) is 0 Å². The number of amides is 1. The van der Waals surface area contributed by atoms with E-state index in [0.29, 0.717) is 18.0 Å². The van der Waals surface area contributed by atoms with E-state index in [1.807, 2.05) is 26.0 Å². The molecule has 17 heavy (non-hydrogen) atoms. The van der Waals surface area contributed by atoms with E-state index in [2.05, 4.69) is 4.99 Å². The lowest BCUT2D eigenvalue weighted by Crippen LogP contribution is -2.28. The second kappa shape index (κ2) is 5.23. The molecule has 5 heteroatoms. The van der Waals surface area contributed by atoms with Crippen LogP contribution >= 0.6 is 11.8 Å². The van der Waals surface area contributed by atoms with E-state index in [1.54, 1.807) is 17.4 Å². The van der Waals surface area contributed by atoms with E-state index in [1.165, 1.54) is 11.8 Å². The van der Waals surface area contributed by atoms with Gasteiger partial charge in [0.25, 0.3) is 5.91 Å². The molecule has 90 valence electrons. The Morgan fingerprint density at radius 1 is 1.53 bits per heavy atom. The number of thioether (sulfide) groups is 1. The lowest BCUT2D eigenvalue weighted by atomic mass is 10.3. The summed E-state index contributed by atoms with van der Waals surface area (Å²) >= 11 is 1.42. The Hall–Kier alpha value is -1.49. The second-order valence-electron chi connectivity index (χ2n) is 3.47. The standard InChI is InChI=1S/C12H14N2O2S/c1-3-13-12-14(4-2)11(15)10(17-12)7-9-5-6-16-8-9/h5-8H,3-4H2,1-2H3/b10-7+,13-12?. The number of amidine groups is 1. The Balaban J connectivity index is 2.27. The number of aliphatic imine (C=N–C) groups is 1. The van der Waals surface area contributed by atoms with E-state index >= 15 is 0 Å². The molecule has 1 aliphatic rings. The molecule has 0 unspecified atom stereocenters. The monoisotopic (exact) mass is 250 g/mol. The molecule has 1 saturated heterocycles. The first-order chi connectivity index (χ1) is 8.26. The lowest BCUT2D eigenvalue weighted by molar-refractivity contribution is -0.122. The van der Waals surface area contributed by atoms with Crippen LogP contribution in [0.1, 0.15) is 19.4 Å². The van der Waals surface area contributed by atoms with Gasteiger partial charge in [0.05, 0.1) is 17.4 Å². The fourth-order valence-corrected chi connectivity index (χ4v) is 2.65. The molecule has 1 amide bonds. The van der Waals surface area contributed by atoms with Crippen LogP contribution in [0.15, 0.2) is 32.9 Å². The average molecular weight is 250 g/mol. The zero-order valence-corrected chi connectivity index (χ0v) is 10.7. The molecule has 4 nitrogen and oxygen atoms in total. The zero-order chi connectivity index (χ0) is 12.3. The lowest BCUT2D eigenvalue weighted by Gasteiger charge is -2.11. The van der Waals surface area contributed by atoms with Gasteiger partial charge >= 0.3 is 0 Å². The van der Waals surface area contributed by atoms with Crippen molar-refractivity contribution in [3.63, 3.8) is 0 Å². The van der Waals surface area contributed by atoms with Crippen molar-refractivity contribution in [1.82, 2.24) is 4.90 Å². The normalized spacial score (nSPS) is 20.8. The van der Waals surface area contributed by atoms with E-state index in [-0.39, 0.29) is 5.91 Å². The van der Waals surface area contributed by atoms with E-state index in [0.717, 1.165) is 10.7 Å². The van der Waals surface area contributed by atoms with Crippen LogP contribution in [0.5, 0.6) is 0 Å². The summed E-state index contributed by atoms with van der Waals surface area (Å²) < 4.78 is 4.98. The number of carbonyl (C=O) groups is 1. The maximum Gasteiger partial charge on any atom is 0.266 e. The van der Waals surface area contributed by atoms with E-state index in [9.17, 15) is 4.79 Å². The first-order valence-electron chi connectivity index (χ1n) is 5.54. The van der Waals surface area contributed by atoms with Gasteiger partial charge < -0.3 is 4.42 Å².